The summed E-state index contributed by atoms with van der Waals surface area (Å²) in [5, 5.41) is 2.66. The molecule has 1 N–H and O–H groups in total. The Hall–Kier alpha value is -2.51. The Morgan fingerprint density at radius 2 is 2.17 bits per heavy atom. The molecule has 6 nitrogen and oxygen atoms in total. The van der Waals surface area contributed by atoms with Gasteiger partial charge in [0.1, 0.15) is 5.82 Å². The zero-order valence-corrected chi connectivity index (χ0v) is 18.3. The quantitative estimate of drug-likeness (QED) is 0.624. The smallest absolute Gasteiger partial charge is 0.258 e. The second-order valence-electron chi connectivity index (χ2n) is 7.95. The molecule has 1 aliphatic rings. The maximum Gasteiger partial charge on any atom is 0.258 e. The topological polar surface area (TPSA) is 69.3 Å². The van der Waals surface area contributed by atoms with Crippen LogP contribution in [0.4, 0.5) is 0 Å². The van der Waals surface area contributed by atoms with Crippen molar-refractivity contribution < 1.29 is 4.79 Å². The monoisotopic (exact) mass is 424 g/mol. The van der Waals surface area contributed by atoms with Gasteiger partial charge in [0.25, 0.3) is 5.56 Å². The van der Waals surface area contributed by atoms with Crippen LogP contribution in [-0.4, -0.2) is 44.8 Å². The minimum Gasteiger partial charge on any atom is -0.334 e. The SMILES string of the molecule is CCC(C)N(CC(=O)N1CCCC1c1cccs1)Cc1nc2ccccc2c(=O)[nH]1. The van der Waals surface area contributed by atoms with E-state index in [4.69, 9.17) is 0 Å². The van der Waals surface area contributed by atoms with Crippen molar-refractivity contribution in [1.82, 2.24) is 19.8 Å². The van der Waals surface area contributed by atoms with Crippen LogP contribution in [0.25, 0.3) is 10.9 Å². The van der Waals surface area contributed by atoms with Crippen molar-refractivity contribution >= 4 is 28.1 Å². The normalized spacial score (nSPS) is 17.7. The average Bonchev–Trinajstić information content (AvgIpc) is 3.44. The van der Waals surface area contributed by atoms with Crippen molar-refractivity contribution in [3.8, 4) is 0 Å². The molecule has 0 aliphatic carbocycles. The average molecular weight is 425 g/mol. The molecular weight excluding hydrogens is 396 g/mol. The van der Waals surface area contributed by atoms with Crippen molar-refractivity contribution in [2.24, 2.45) is 0 Å². The summed E-state index contributed by atoms with van der Waals surface area (Å²) < 4.78 is 0. The maximum absolute atomic E-state index is 13.2. The van der Waals surface area contributed by atoms with Crippen molar-refractivity contribution in [2.45, 2.75) is 51.7 Å². The minimum absolute atomic E-state index is 0.136. The van der Waals surface area contributed by atoms with E-state index in [9.17, 15) is 9.59 Å². The van der Waals surface area contributed by atoms with Crippen molar-refractivity contribution in [1.29, 1.82) is 0 Å². The number of carbonyl (C=O) groups is 1. The third-order valence-electron chi connectivity index (χ3n) is 6.01. The lowest BCUT2D eigenvalue weighted by Crippen LogP contribution is -2.43. The van der Waals surface area contributed by atoms with Gasteiger partial charge in [-0.3, -0.25) is 14.5 Å². The number of carbonyl (C=O) groups excluding carboxylic acids is 1. The molecule has 0 saturated carbocycles. The van der Waals surface area contributed by atoms with Gasteiger partial charge < -0.3 is 9.88 Å². The second-order valence-corrected chi connectivity index (χ2v) is 8.93. The first-order chi connectivity index (χ1) is 14.6. The van der Waals surface area contributed by atoms with Crippen molar-refractivity contribution in [3.05, 3.63) is 62.8 Å². The van der Waals surface area contributed by atoms with Crippen LogP contribution in [0, 0.1) is 0 Å². The van der Waals surface area contributed by atoms with Crippen molar-refractivity contribution in [3.63, 3.8) is 0 Å². The highest BCUT2D eigenvalue weighted by molar-refractivity contribution is 7.10. The predicted molar refractivity (Wildman–Crippen MR) is 121 cm³/mol. The van der Waals surface area contributed by atoms with Gasteiger partial charge in [-0.25, -0.2) is 4.98 Å². The molecule has 2 unspecified atom stereocenters. The van der Waals surface area contributed by atoms with E-state index < -0.39 is 0 Å². The summed E-state index contributed by atoms with van der Waals surface area (Å²) in [5.41, 5.74) is 0.548. The molecule has 1 aromatic carbocycles. The number of benzene rings is 1. The Balaban J connectivity index is 1.53. The summed E-state index contributed by atoms with van der Waals surface area (Å²) in [5.74, 6) is 0.748. The first kappa shape index (κ1) is 20.8. The van der Waals surface area contributed by atoms with E-state index >= 15 is 0 Å². The number of thiophene rings is 1. The molecule has 3 heterocycles. The van der Waals surface area contributed by atoms with E-state index in [1.807, 2.05) is 29.2 Å². The zero-order valence-electron chi connectivity index (χ0n) is 17.5. The highest BCUT2D eigenvalue weighted by Gasteiger charge is 2.32. The molecule has 7 heteroatoms. The highest BCUT2D eigenvalue weighted by Crippen LogP contribution is 2.34. The van der Waals surface area contributed by atoms with E-state index in [-0.39, 0.29) is 23.6 Å². The summed E-state index contributed by atoms with van der Waals surface area (Å²) in [4.78, 5) is 38.6. The largest absolute Gasteiger partial charge is 0.334 e. The molecule has 0 radical (unpaired) electrons. The van der Waals surface area contributed by atoms with Gasteiger partial charge in [0.15, 0.2) is 0 Å². The molecule has 0 spiro atoms. The number of para-hydroxylation sites is 1. The first-order valence-corrected chi connectivity index (χ1v) is 11.5. The van der Waals surface area contributed by atoms with Crippen LogP contribution < -0.4 is 5.56 Å². The van der Waals surface area contributed by atoms with E-state index in [2.05, 4.69) is 40.2 Å². The number of fused-ring (bicyclic) bond motifs is 1. The molecule has 2 atom stereocenters. The summed E-state index contributed by atoms with van der Waals surface area (Å²) >= 11 is 1.72. The summed E-state index contributed by atoms with van der Waals surface area (Å²) in [6, 6.07) is 11.9. The number of likely N-dealkylation sites (tertiary alicyclic amines) is 1. The van der Waals surface area contributed by atoms with Crippen molar-refractivity contribution in [2.75, 3.05) is 13.1 Å². The number of hydrogen-bond acceptors (Lipinski definition) is 5. The summed E-state index contributed by atoms with van der Waals surface area (Å²) in [6.07, 6.45) is 2.98. The van der Waals surface area contributed by atoms with Crippen LogP contribution in [0.5, 0.6) is 0 Å². The van der Waals surface area contributed by atoms with Crippen LogP contribution in [0.15, 0.2) is 46.6 Å². The molecule has 1 saturated heterocycles. The standard InChI is InChI=1S/C23H28N4O2S/c1-3-16(2)26(14-21-24-18-9-5-4-8-17(18)23(29)25-21)15-22(28)27-12-6-10-19(27)20-11-7-13-30-20/h4-5,7-9,11,13,16,19H,3,6,10,12,14-15H2,1-2H3,(H,24,25,29). The van der Waals surface area contributed by atoms with Crippen LogP contribution in [0.2, 0.25) is 0 Å². The molecular formula is C23H28N4O2S. The Kier molecular flexibility index (Phi) is 6.29. The molecule has 0 bridgehead atoms. The molecule has 2 aromatic heterocycles. The second kappa shape index (κ2) is 9.10. The van der Waals surface area contributed by atoms with Crippen LogP contribution in [-0.2, 0) is 11.3 Å². The summed E-state index contributed by atoms with van der Waals surface area (Å²) in [6.45, 7) is 5.81. The van der Waals surface area contributed by atoms with Gasteiger partial charge in [0.2, 0.25) is 5.91 Å². The molecule has 3 aromatic rings. The predicted octanol–water partition coefficient (Wildman–Crippen LogP) is 3.95. The number of aromatic amines is 1. The van der Waals surface area contributed by atoms with Gasteiger partial charge in [0, 0.05) is 17.5 Å². The Morgan fingerprint density at radius 3 is 2.93 bits per heavy atom. The van der Waals surface area contributed by atoms with Crippen LogP contribution in [0.3, 0.4) is 0 Å². The zero-order chi connectivity index (χ0) is 21.1. The van der Waals surface area contributed by atoms with Crippen LogP contribution in [0.1, 0.15) is 49.9 Å². The number of amides is 1. The highest BCUT2D eigenvalue weighted by atomic mass is 32.1. The fraction of sp³-hybridized carbons (Fsp3) is 0.435. The Labute approximate surface area is 180 Å². The van der Waals surface area contributed by atoms with E-state index in [1.165, 1.54) is 4.88 Å². The van der Waals surface area contributed by atoms with Crippen LogP contribution >= 0.6 is 11.3 Å². The third kappa shape index (κ3) is 4.32. The Morgan fingerprint density at radius 1 is 1.33 bits per heavy atom. The lowest BCUT2D eigenvalue weighted by Gasteiger charge is -2.31. The van der Waals surface area contributed by atoms with E-state index in [0.717, 1.165) is 25.8 Å². The fourth-order valence-corrected chi connectivity index (χ4v) is 5.01. The molecule has 30 heavy (non-hydrogen) atoms. The minimum atomic E-state index is -0.136. The van der Waals surface area contributed by atoms with Gasteiger partial charge in [-0.1, -0.05) is 25.1 Å². The number of nitrogens with zero attached hydrogens (tertiary/aromatic N) is 3. The number of hydrogen-bond donors (Lipinski definition) is 1. The molecule has 4 rings (SSSR count). The molecule has 1 amide bonds. The number of rotatable bonds is 7. The van der Waals surface area contributed by atoms with Gasteiger partial charge in [0.05, 0.1) is 30.0 Å². The number of nitrogens with one attached hydrogen (secondary N) is 1. The van der Waals surface area contributed by atoms with E-state index in [1.54, 1.807) is 17.4 Å². The molecule has 1 fully saturated rings. The first-order valence-electron chi connectivity index (χ1n) is 10.6. The lowest BCUT2D eigenvalue weighted by molar-refractivity contribution is -0.134. The lowest BCUT2D eigenvalue weighted by atomic mass is 10.1. The molecule has 1 aliphatic heterocycles. The third-order valence-corrected chi connectivity index (χ3v) is 6.99. The maximum atomic E-state index is 13.2. The van der Waals surface area contributed by atoms with Gasteiger partial charge in [-0.2, -0.15) is 0 Å². The summed E-state index contributed by atoms with van der Waals surface area (Å²) in [7, 11) is 0. The number of aromatic nitrogens is 2. The van der Waals surface area contributed by atoms with Gasteiger partial charge >= 0.3 is 0 Å². The fourth-order valence-electron chi connectivity index (χ4n) is 4.13. The molecule has 158 valence electrons. The van der Waals surface area contributed by atoms with E-state index in [0.29, 0.717) is 29.8 Å². The Bertz CT molecular complexity index is 1060. The number of H-pyrrole nitrogens is 1. The van der Waals surface area contributed by atoms with Gasteiger partial charge in [-0.05, 0) is 49.8 Å². The van der Waals surface area contributed by atoms with Gasteiger partial charge in [-0.15, -0.1) is 11.3 Å².